The van der Waals surface area contributed by atoms with E-state index in [9.17, 15) is 4.79 Å². The Morgan fingerprint density at radius 1 is 1.28 bits per heavy atom. The van der Waals surface area contributed by atoms with Crippen molar-refractivity contribution in [2.24, 2.45) is 0 Å². The molecule has 2 aromatic heterocycles. The number of amides is 1. The maximum absolute atomic E-state index is 13.0. The highest BCUT2D eigenvalue weighted by Gasteiger charge is 2.32. The molecule has 7 nitrogen and oxygen atoms in total. The van der Waals surface area contributed by atoms with Crippen LogP contribution in [0.15, 0.2) is 53.3 Å². The number of ether oxygens (including phenoxy) is 2. The monoisotopic (exact) mass is 393 g/mol. The van der Waals surface area contributed by atoms with E-state index in [0.29, 0.717) is 23.9 Å². The van der Waals surface area contributed by atoms with Crippen LogP contribution >= 0.6 is 0 Å². The van der Waals surface area contributed by atoms with Gasteiger partial charge in [-0.2, -0.15) is 0 Å². The lowest BCUT2D eigenvalue weighted by atomic mass is 10.1. The van der Waals surface area contributed by atoms with Crippen molar-refractivity contribution in [2.45, 2.75) is 32.4 Å². The van der Waals surface area contributed by atoms with Crippen LogP contribution in [0.4, 0.5) is 0 Å². The summed E-state index contributed by atoms with van der Waals surface area (Å²) in [7, 11) is 1.59. The van der Waals surface area contributed by atoms with Crippen molar-refractivity contribution < 1.29 is 18.7 Å². The van der Waals surface area contributed by atoms with E-state index >= 15 is 0 Å². The Morgan fingerprint density at radius 3 is 2.97 bits per heavy atom. The lowest BCUT2D eigenvalue weighted by molar-refractivity contribution is 0.0727. The molecule has 1 amide bonds. The lowest BCUT2D eigenvalue weighted by Gasteiger charge is -2.23. The Hall–Kier alpha value is -3.35. The summed E-state index contributed by atoms with van der Waals surface area (Å²) in [6, 6.07) is 11.4. The molecule has 1 aliphatic heterocycles. The Bertz CT molecular complexity index is 987. The summed E-state index contributed by atoms with van der Waals surface area (Å²) in [6.07, 6.45) is 4.97. The first-order valence-electron chi connectivity index (χ1n) is 9.59. The van der Waals surface area contributed by atoms with E-state index in [0.717, 1.165) is 24.1 Å². The lowest BCUT2D eigenvalue weighted by Crippen LogP contribution is -2.31. The minimum absolute atomic E-state index is 0.0306. The number of hydrogen-bond acceptors (Lipinski definition) is 6. The van der Waals surface area contributed by atoms with Gasteiger partial charge < -0.3 is 18.8 Å². The summed E-state index contributed by atoms with van der Waals surface area (Å²) in [5.41, 5.74) is 2.26. The number of hydrogen-bond donors (Lipinski definition) is 0. The van der Waals surface area contributed by atoms with Gasteiger partial charge in [0.25, 0.3) is 5.91 Å². The SMILES string of the molecule is COc1cc(C)ccc1OCc1nc(C(=O)N2CCC[C@@H]2c2ccccn2)co1. The fourth-order valence-corrected chi connectivity index (χ4v) is 3.55. The molecule has 1 fully saturated rings. The standard InChI is InChI=1S/C22H23N3O4/c1-15-8-9-19(20(12-15)27-2)28-14-21-24-17(13-29-21)22(26)25-11-5-7-18(25)16-6-3-4-10-23-16/h3-4,6,8-10,12-13,18H,5,7,11,14H2,1-2H3/t18-/m1/s1. The first-order valence-corrected chi connectivity index (χ1v) is 9.59. The predicted molar refractivity (Wildman–Crippen MR) is 106 cm³/mol. The van der Waals surface area contributed by atoms with E-state index in [1.165, 1.54) is 6.26 Å². The number of oxazole rings is 1. The quantitative estimate of drug-likeness (QED) is 0.631. The van der Waals surface area contributed by atoms with Crippen molar-refractivity contribution in [3.8, 4) is 11.5 Å². The molecule has 0 aliphatic carbocycles. The van der Waals surface area contributed by atoms with Crippen molar-refractivity contribution in [3.05, 3.63) is 71.7 Å². The molecule has 1 saturated heterocycles. The molecule has 0 bridgehead atoms. The van der Waals surface area contributed by atoms with E-state index in [1.807, 2.05) is 48.2 Å². The van der Waals surface area contributed by atoms with E-state index < -0.39 is 0 Å². The zero-order chi connectivity index (χ0) is 20.2. The van der Waals surface area contributed by atoms with Gasteiger partial charge in [-0.25, -0.2) is 4.98 Å². The van der Waals surface area contributed by atoms with Crippen molar-refractivity contribution in [3.63, 3.8) is 0 Å². The number of carbonyl (C=O) groups excluding carboxylic acids is 1. The van der Waals surface area contributed by atoms with Crippen LogP contribution in [-0.2, 0) is 6.61 Å². The van der Waals surface area contributed by atoms with Gasteiger partial charge in [-0.05, 0) is 49.6 Å². The molecule has 0 unspecified atom stereocenters. The summed E-state index contributed by atoms with van der Waals surface area (Å²) in [5.74, 6) is 1.42. The largest absolute Gasteiger partial charge is 0.493 e. The summed E-state index contributed by atoms with van der Waals surface area (Å²) >= 11 is 0. The molecular weight excluding hydrogens is 370 g/mol. The van der Waals surface area contributed by atoms with E-state index in [1.54, 1.807) is 13.3 Å². The smallest absolute Gasteiger partial charge is 0.276 e. The molecule has 1 aliphatic rings. The average molecular weight is 393 g/mol. The number of carbonyl (C=O) groups is 1. The molecular formula is C22H23N3O4. The van der Waals surface area contributed by atoms with Gasteiger partial charge in [0.2, 0.25) is 5.89 Å². The van der Waals surface area contributed by atoms with Crippen LogP contribution in [0, 0.1) is 6.92 Å². The third kappa shape index (κ3) is 4.08. The topological polar surface area (TPSA) is 77.7 Å². The number of pyridine rings is 1. The average Bonchev–Trinajstić information content (AvgIpc) is 3.43. The highest BCUT2D eigenvalue weighted by molar-refractivity contribution is 5.92. The summed E-state index contributed by atoms with van der Waals surface area (Å²) < 4.78 is 16.6. The third-order valence-electron chi connectivity index (χ3n) is 4.98. The molecule has 3 aromatic rings. The molecule has 1 aromatic carbocycles. The predicted octanol–water partition coefficient (Wildman–Crippen LogP) is 3.94. The molecule has 150 valence electrons. The summed E-state index contributed by atoms with van der Waals surface area (Å²) in [6.45, 7) is 2.77. The van der Waals surface area contributed by atoms with Crippen molar-refractivity contribution in [1.82, 2.24) is 14.9 Å². The highest BCUT2D eigenvalue weighted by atomic mass is 16.5. The molecule has 0 spiro atoms. The van der Waals surface area contributed by atoms with Gasteiger partial charge in [0.1, 0.15) is 6.26 Å². The number of methoxy groups -OCH3 is 1. The van der Waals surface area contributed by atoms with Gasteiger partial charge >= 0.3 is 0 Å². The van der Waals surface area contributed by atoms with Crippen LogP contribution in [-0.4, -0.2) is 34.4 Å². The van der Waals surface area contributed by atoms with Crippen molar-refractivity contribution in [2.75, 3.05) is 13.7 Å². The molecule has 1 atom stereocenters. The molecule has 0 radical (unpaired) electrons. The molecule has 0 N–H and O–H groups in total. The summed E-state index contributed by atoms with van der Waals surface area (Å²) in [5, 5.41) is 0. The molecule has 7 heteroatoms. The second-order valence-corrected chi connectivity index (χ2v) is 6.98. The number of benzene rings is 1. The zero-order valence-corrected chi connectivity index (χ0v) is 16.5. The van der Waals surface area contributed by atoms with Gasteiger partial charge in [-0.1, -0.05) is 12.1 Å². The van der Waals surface area contributed by atoms with Crippen LogP contribution in [0.5, 0.6) is 11.5 Å². The second-order valence-electron chi connectivity index (χ2n) is 6.98. The van der Waals surface area contributed by atoms with Gasteiger partial charge in [-0.15, -0.1) is 0 Å². The normalized spacial score (nSPS) is 16.1. The molecule has 29 heavy (non-hydrogen) atoms. The van der Waals surface area contributed by atoms with Crippen LogP contribution in [0.2, 0.25) is 0 Å². The van der Waals surface area contributed by atoms with E-state index in [4.69, 9.17) is 13.9 Å². The van der Waals surface area contributed by atoms with Gasteiger partial charge in [0.15, 0.2) is 23.8 Å². The van der Waals surface area contributed by atoms with Crippen LogP contribution in [0.3, 0.4) is 0 Å². The fourth-order valence-electron chi connectivity index (χ4n) is 3.55. The van der Waals surface area contributed by atoms with E-state index in [-0.39, 0.29) is 24.2 Å². The molecule has 3 heterocycles. The number of aromatic nitrogens is 2. The highest BCUT2D eigenvalue weighted by Crippen LogP contribution is 2.32. The van der Waals surface area contributed by atoms with Gasteiger partial charge in [-0.3, -0.25) is 9.78 Å². The first-order chi connectivity index (χ1) is 14.2. The Balaban J connectivity index is 1.44. The number of likely N-dealkylation sites (tertiary alicyclic amines) is 1. The number of nitrogens with zero attached hydrogens (tertiary/aromatic N) is 3. The molecule has 0 saturated carbocycles. The maximum atomic E-state index is 13.0. The number of aryl methyl sites for hydroxylation is 1. The molecule has 4 rings (SSSR count). The van der Waals surface area contributed by atoms with Crippen molar-refractivity contribution >= 4 is 5.91 Å². The number of rotatable bonds is 6. The fraction of sp³-hybridized carbons (Fsp3) is 0.318. The zero-order valence-electron chi connectivity index (χ0n) is 16.5. The summed E-state index contributed by atoms with van der Waals surface area (Å²) in [4.78, 5) is 23.5. The van der Waals surface area contributed by atoms with Crippen LogP contribution in [0.25, 0.3) is 0 Å². The first kappa shape index (κ1) is 19.0. The maximum Gasteiger partial charge on any atom is 0.276 e. The Kier molecular flexibility index (Phi) is 5.46. The minimum Gasteiger partial charge on any atom is -0.493 e. The van der Waals surface area contributed by atoms with Crippen LogP contribution in [0.1, 0.15) is 46.5 Å². The minimum atomic E-state index is -0.152. The van der Waals surface area contributed by atoms with E-state index in [2.05, 4.69) is 9.97 Å². The Morgan fingerprint density at radius 2 is 2.17 bits per heavy atom. The Labute approximate surface area is 169 Å². The van der Waals surface area contributed by atoms with Crippen LogP contribution < -0.4 is 9.47 Å². The van der Waals surface area contributed by atoms with Crippen molar-refractivity contribution in [1.29, 1.82) is 0 Å². The van der Waals surface area contributed by atoms with Gasteiger partial charge in [0.05, 0.1) is 18.8 Å². The van der Waals surface area contributed by atoms with Gasteiger partial charge in [0, 0.05) is 12.7 Å². The second kappa shape index (κ2) is 8.34. The third-order valence-corrected chi connectivity index (χ3v) is 4.98.